The Labute approximate surface area is 196 Å². The molecule has 0 spiro atoms. The minimum atomic E-state index is -1.21. The predicted molar refractivity (Wildman–Crippen MR) is 137 cm³/mol. The summed E-state index contributed by atoms with van der Waals surface area (Å²) < 4.78 is 0. The van der Waals surface area contributed by atoms with Gasteiger partial charge in [-0.15, -0.1) is 11.3 Å². The highest BCUT2D eigenvalue weighted by atomic mass is 32.1. The predicted octanol–water partition coefficient (Wildman–Crippen LogP) is 7.73. The van der Waals surface area contributed by atoms with Crippen molar-refractivity contribution in [1.29, 1.82) is 0 Å². The van der Waals surface area contributed by atoms with Gasteiger partial charge < -0.3 is 10.0 Å². The number of thiophene rings is 1. The summed E-state index contributed by atoms with van der Waals surface area (Å²) in [5.74, 6) is -1.21. The van der Waals surface area contributed by atoms with Gasteiger partial charge in [0, 0.05) is 26.8 Å². The lowest BCUT2D eigenvalue weighted by molar-refractivity contribution is -0.132. The van der Waals surface area contributed by atoms with Gasteiger partial charge in [0.2, 0.25) is 0 Å². The van der Waals surface area contributed by atoms with E-state index in [4.69, 9.17) is 11.7 Å². The fraction of sp³-hybridized carbons (Fsp3) is 0. The number of rotatable bonds is 7. The van der Waals surface area contributed by atoms with E-state index in [0.29, 0.717) is 0 Å². The minimum absolute atomic E-state index is 0.288. The number of para-hydroxylation sites is 2. The number of carbonyl (C=O) groups is 1. The molecule has 4 aromatic rings. The van der Waals surface area contributed by atoms with Crippen molar-refractivity contribution in [3.8, 4) is 0 Å². The summed E-state index contributed by atoms with van der Waals surface area (Å²) in [6.07, 6.45) is 5.40. The number of benzene rings is 3. The van der Waals surface area contributed by atoms with E-state index in [0.717, 1.165) is 32.4 Å². The summed E-state index contributed by atoms with van der Waals surface area (Å²) in [6.45, 7) is 6.96. The molecule has 33 heavy (non-hydrogen) atoms. The van der Waals surface area contributed by atoms with Gasteiger partial charge in [-0.1, -0.05) is 54.6 Å². The third kappa shape index (κ3) is 5.45. The number of nitrogens with zero attached hydrogens (tertiary/aromatic N) is 2. The molecule has 0 unspecified atom stereocenters. The number of anilines is 3. The second kappa shape index (κ2) is 10.3. The van der Waals surface area contributed by atoms with Crippen LogP contribution in [0.4, 0.5) is 17.1 Å². The molecule has 0 bridgehead atoms. The summed E-state index contributed by atoms with van der Waals surface area (Å²) >= 11 is 1.44. The van der Waals surface area contributed by atoms with E-state index in [9.17, 15) is 4.79 Å². The fourth-order valence-corrected chi connectivity index (χ4v) is 4.18. The van der Waals surface area contributed by atoms with Crippen LogP contribution < -0.4 is 4.90 Å². The molecule has 4 rings (SSSR count). The van der Waals surface area contributed by atoms with Crippen LogP contribution in [0.15, 0.2) is 103 Å². The molecular weight excluding hydrogens is 428 g/mol. The first kappa shape index (κ1) is 21.8. The first-order valence-corrected chi connectivity index (χ1v) is 11.1. The van der Waals surface area contributed by atoms with E-state index in [-0.39, 0.29) is 5.70 Å². The van der Waals surface area contributed by atoms with Crippen molar-refractivity contribution in [2.24, 2.45) is 0 Å². The van der Waals surface area contributed by atoms with Crippen molar-refractivity contribution in [1.82, 2.24) is 0 Å². The molecule has 0 atom stereocenters. The van der Waals surface area contributed by atoms with Crippen LogP contribution in [0.2, 0.25) is 0 Å². The summed E-state index contributed by atoms with van der Waals surface area (Å²) in [5, 5.41) is 9.01. The monoisotopic (exact) mass is 448 g/mol. The molecule has 0 aliphatic heterocycles. The Morgan fingerprint density at radius 2 is 1.30 bits per heavy atom. The van der Waals surface area contributed by atoms with Crippen LogP contribution in [0, 0.1) is 6.57 Å². The molecule has 0 saturated heterocycles. The summed E-state index contributed by atoms with van der Waals surface area (Å²) in [7, 11) is 0. The molecule has 0 aliphatic carbocycles. The number of hydrogen-bond acceptors (Lipinski definition) is 3. The van der Waals surface area contributed by atoms with E-state index in [2.05, 4.69) is 58.3 Å². The van der Waals surface area contributed by atoms with Crippen LogP contribution in [-0.4, -0.2) is 11.1 Å². The van der Waals surface area contributed by atoms with Crippen molar-refractivity contribution >= 4 is 52.6 Å². The highest BCUT2D eigenvalue weighted by molar-refractivity contribution is 7.13. The summed E-state index contributed by atoms with van der Waals surface area (Å²) in [6, 6.07) is 32.6. The van der Waals surface area contributed by atoms with Crippen LogP contribution in [0.3, 0.4) is 0 Å². The van der Waals surface area contributed by atoms with Gasteiger partial charge in [-0.05, 0) is 66.2 Å². The summed E-state index contributed by atoms with van der Waals surface area (Å²) in [5.41, 5.74) is 4.01. The molecule has 1 aromatic heterocycles. The first-order valence-electron chi connectivity index (χ1n) is 10.2. The van der Waals surface area contributed by atoms with Gasteiger partial charge in [0.25, 0.3) is 5.70 Å². The maximum atomic E-state index is 11.0. The van der Waals surface area contributed by atoms with Crippen molar-refractivity contribution < 1.29 is 9.90 Å². The maximum Gasteiger partial charge on any atom is 0.333 e. The molecule has 3 aromatic carbocycles. The van der Waals surface area contributed by atoms with Crippen molar-refractivity contribution in [3.63, 3.8) is 0 Å². The second-order valence-corrected chi connectivity index (χ2v) is 8.26. The van der Waals surface area contributed by atoms with Gasteiger partial charge in [-0.3, -0.25) is 4.79 Å². The standard InChI is InChI=1S/C28H20N2O2S/c1-29-27(28(31)32)20-26-19-18-25(33-26)17-14-21-12-15-24(16-13-21)30(22-8-4-2-5-9-22)23-10-6-3-7-11-23/h2-20H,(H,31,32). The Morgan fingerprint density at radius 3 is 1.85 bits per heavy atom. The molecular formula is C28H20N2O2S. The lowest BCUT2D eigenvalue weighted by Gasteiger charge is -2.25. The Balaban J connectivity index is 1.55. The van der Waals surface area contributed by atoms with Gasteiger partial charge >= 0.3 is 5.97 Å². The lowest BCUT2D eigenvalue weighted by Crippen LogP contribution is -2.09. The molecule has 1 N–H and O–H groups in total. The Kier molecular flexibility index (Phi) is 6.79. The Morgan fingerprint density at radius 1 is 0.758 bits per heavy atom. The number of carboxylic acids is 1. The minimum Gasteiger partial charge on any atom is -0.486 e. The number of hydrogen-bond donors (Lipinski definition) is 1. The highest BCUT2D eigenvalue weighted by Crippen LogP contribution is 2.34. The number of aliphatic carboxylic acids is 1. The van der Waals surface area contributed by atoms with E-state index in [1.165, 1.54) is 17.4 Å². The van der Waals surface area contributed by atoms with E-state index in [1.807, 2.05) is 60.7 Å². The van der Waals surface area contributed by atoms with Gasteiger partial charge in [0.15, 0.2) is 0 Å². The van der Waals surface area contributed by atoms with Crippen molar-refractivity contribution in [2.75, 3.05) is 4.90 Å². The zero-order chi connectivity index (χ0) is 23.0. The number of carboxylic acid groups (broad SMARTS) is 1. The first-order chi connectivity index (χ1) is 16.1. The van der Waals surface area contributed by atoms with Gasteiger partial charge in [0.1, 0.15) is 0 Å². The molecule has 0 amide bonds. The van der Waals surface area contributed by atoms with E-state index >= 15 is 0 Å². The molecule has 160 valence electrons. The molecule has 5 heteroatoms. The third-order valence-electron chi connectivity index (χ3n) is 4.89. The van der Waals surface area contributed by atoms with Gasteiger partial charge in [0.05, 0.1) is 6.57 Å². The molecule has 0 aliphatic rings. The van der Waals surface area contributed by atoms with Crippen LogP contribution in [-0.2, 0) is 4.79 Å². The second-order valence-electron chi connectivity index (χ2n) is 7.12. The van der Waals surface area contributed by atoms with Crippen LogP contribution in [0.5, 0.6) is 0 Å². The smallest absolute Gasteiger partial charge is 0.333 e. The summed E-state index contributed by atoms with van der Waals surface area (Å²) in [4.78, 5) is 18.0. The molecule has 0 saturated carbocycles. The zero-order valence-electron chi connectivity index (χ0n) is 17.6. The van der Waals surface area contributed by atoms with Crippen molar-refractivity contribution in [3.05, 3.63) is 129 Å². The molecule has 1 heterocycles. The quantitative estimate of drug-likeness (QED) is 0.232. The zero-order valence-corrected chi connectivity index (χ0v) is 18.4. The van der Waals surface area contributed by atoms with Crippen LogP contribution in [0.1, 0.15) is 15.3 Å². The molecule has 0 fully saturated rings. The lowest BCUT2D eigenvalue weighted by atomic mass is 10.1. The normalized spacial score (nSPS) is 11.3. The molecule has 4 nitrogen and oxygen atoms in total. The third-order valence-corrected chi connectivity index (χ3v) is 5.88. The fourth-order valence-electron chi connectivity index (χ4n) is 3.33. The van der Waals surface area contributed by atoms with Gasteiger partial charge in [-0.2, -0.15) is 0 Å². The van der Waals surface area contributed by atoms with Crippen LogP contribution >= 0.6 is 11.3 Å². The SMILES string of the molecule is [C-]#[N+]C(=Cc1ccc(C=Cc2ccc(N(c3ccccc3)c3ccccc3)cc2)s1)C(=O)O. The van der Waals surface area contributed by atoms with E-state index in [1.54, 1.807) is 0 Å². The van der Waals surface area contributed by atoms with Crippen LogP contribution in [0.25, 0.3) is 23.1 Å². The highest BCUT2D eigenvalue weighted by Gasteiger charge is 2.11. The Bertz CT molecular complexity index is 1290. The Hall–Kier alpha value is -4.40. The van der Waals surface area contributed by atoms with Crippen molar-refractivity contribution in [2.45, 2.75) is 0 Å². The molecule has 0 radical (unpaired) electrons. The average molecular weight is 449 g/mol. The topological polar surface area (TPSA) is 44.9 Å². The van der Waals surface area contributed by atoms with Gasteiger partial charge in [-0.25, -0.2) is 4.85 Å². The largest absolute Gasteiger partial charge is 0.486 e. The maximum absolute atomic E-state index is 11.0. The van der Waals surface area contributed by atoms with E-state index < -0.39 is 5.97 Å². The average Bonchev–Trinajstić information content (AvgIpc) is 3.31.